The molecule has 3 heterocycles. The zero-order valence-corrected chi connectivity index (χ0v) is 12.3. The first kappa shape index (κ1) is 13.2. The second kappa shape index (κ2) is 5.66. The van der Waals surface area contributed by atoms with Gasteiger partial charge in [0.1, 0.15) is 0 Å². The molecule has 20 heavy (non-hydrogen) atoms. The topological polar surface area (TPSA) is 50.2 Å². The fourth-order valence-electron chi connectivity index (χ4n) is 2.45. The Kier molecular flexibility index (Phi) is 3.73. The van der Waals surface area contributed by atoms with Crippen LogP contribution in [0.5, 0.6) is 0 Å². The molecule has 0 aromatic carbocycles. The highest BCUT2D eigenvalue weighted by Crippen LogP contribution is 2.23. The number of rotatable bonds is 3. The summed E-state index contributed by atoms with van der Waals surface area (Å²) >= 11 is 1.79. The van der Waals surface area contributed by atoms with Crippen LogP contribution in [0.4, 0.5) is 4.79 Å². The first-order valence-corrected chi connectivity index (χ1v) is 7.66. The fourth-order valence-corrected chi connectivity index (χ4v) is 3.34. The van der Waals surface area contributed by atoms with Crippen LogP contribution < -0.4 is 5.32 Å². The standard InChI is InChI=1S/C14H18N4OS/c1-17-9-11(8-16-17)2-5-15-14(19)18-6-3-13-12(10-18)4-7-20-13/h4,7-9H,2-3,5-6,10H2,1H3,(H,15,19). The second-order valence-electron chi connectivity index (χ2n) is 5.04. The highest BCUT2D eigenvalue weighted by Gasteiger charge is 2.20. The van der Waals surface area contributed by atoms with Gasteiger partial charge in [0.05, 0.1) is 6.20 Å². The van der Waals surface area contributed by atoms with Crippen molar-refractivity contribution in [2.45, 2.75) is 19.4 Å². The molecule has 2 amide bonds. The van der Waals surface area contributed by atoms with Crippen molar-refractivity contribution < 1.29 is 4.79 Å². The highest BCUT2D eigenvalue weighted by molar-refractivity contribution is 7.10. The number of amides is 2. The average molecular weight is 290 g/mol. The molecule has 5 nitrogen and oxygen atoms in total. The number of aryl methyl sites for hydroxylation is 1. The molecule has 2 aromatic rings. The lowest BCUT2D eigenvalue weighted by molar-refractivity contribution is 0.193. The van der Waals surface area contributed by atoms with Crippen molar-refractivity contribution in [2.24, 2.45) is 7.05 Å². The number of aromatic nitrogens is 2. The third-order valence-electron chi connectivity index (χ3n) is 3.54. The van der Waals surface area contributed by atoms with E-state index in [2.05, 4.69) is 21.9 Å². The van der Waals surface area contributed by atoms with Crippen molar-refractivity contribution in [2.75, 3.05) is 13.1 Å². The molecule has 0 fully saturated rings. The van der Waals surface area contributed by atoms with Crippen molar-refractivity contribution in [3.05, 3.63) is 39.8 Å². The van der Waals surface area contributed by atoms with Crippen LogP contribution in [0, 0.1) is 0 Å². The summed E-state index contributed by atoms with van der Waals surface area (Å²) < 4.78 is 1.78. The highest BCUT2D eigenvalue weighted by atomic mass is 32.1. The lowest BCUT2D eigenvalue weighted by Crippen LogP contribution is -2.43. The van der Waals surface area contributed by atoms with Gasteiger partial charge in [-0.2, -0.15) is 5.10 Å². The molecule has 0 saturated carbocycles. The van der Waals surface area contributed by atoms with Crippen molar-refractivity contribution in [3.63, 3.8) is 0 Å². The summed E-state index contributed by atoms with van der Waals surface area (Å²) in [6.07, 6.45) is 5.61. The van der Waals surface area contributed by atoms with E-state index in [9.17, 15) is 4.79 Å². The Morgan fingerprint density at radius 3 is 3.25 bits per heavy atom. The Morgan fingerprint density at radius 1 is 1.55 bits per heavy atom. The predicted octanol–water partition coefficient (Wildman–Crippen LogP) is 1.79. The molecular weight excluding hydrogens is 272 g/mol. The number of urea groups is 1. The minimum absolute atomic E-state index is 0.0331. The zero-order chi connectivity index (χ0) is 13.9. The van der Waals surface area contributed by atoms with Crippen molar-refractivity contribution in [3.8, 4) is 0 Å². The summed E-state index contributed by atoms with van der Waals surface area (Å²) in [5.41, 5.74) is 2.44. The molecular formula is C14H18N4OS. The van der Waals surface area contributed by atoms with E-state index in [1.165, 1.54) is 10.4 Å². The van der Waals surface area contributed by atoms with Gasteiger partial charge in [0, 0.05) is 37.8 Å². The van der Waals surface area contributed by atoms with Gasteiger partial charge in [0.25, 0.3) is 0 Å². The van der Waals surface area contributed by atoms with Gasteiger partial charge in [-0.05, 0) is 35.4 Å². The van der Waals surface area contributed by atoms with Gasteiger partial charge in [-0.15, -0.1) is 11.3 Å². The molecule has 1 N–H and O–H groups in total. The summed E-state index contributed by atoms with van der Waals surface area (Å²) in [5.74, 6) is 0. The maximum absolute atomic E-state index is 12.1. The van der Waals surface area contributed by atoms with Crippen molar-refractivity contribution in [1.82, 2.24) is 20.0 Å². The van der Waals surface area contributed by atoms with E-state index in [0.29, 0.717) is 6.54 Å². The number of carbonyl (C=O) groups is 1. The number of nitrogens with zero attached hydrogens (tertiary/aromatic N) is 3. The summed E-state index contributed by atoms with van der Waals surface area (Å²) in [5, 5.41) is 9.21. The van der Waals surface area contributed by atoms with Gasteiger partial charge in [-0.25, -0.2) is 4.79 Å². The summed E-state index contributed by atoms with van der Waals surface area (Å²) in [6.45, 7) is 2.20. The third-order valence-corrected chi connectivity index (χ3v) is 4.57. The number of fused-ring (bicyclic) bond motifs is 1. The molecule has 0 saturated heterocycles. The monoisotopic (exact) mass is 290 g/mol. The lowest BCUT2D eigenvalue weighted by Gasteiger charge is -2.27. The normalized spacial score (nSPS) is 14.2. The quantitative estimate of drug-likeness (QED) is 0.937. The molecule has 1 aliphatic heterocycles. The van der Waals surface area contributed by atoms with Crippen LogP contribution in [0.2, 0.25) is 0 Å². The fraction of sp³-hybridized carbons (Fsp3) is 0.429. The third kappa shape index (κ3) is 2.85. The molecule has 0 atom stereocenters. The predicted molar refractivity (Wildman–Crippen MR) is 78.7 cm³/mol. The van der Waals surface area contributed by atoms with Crippen LogP contribution in [0.3, 0.4) is 0 Å². The molecule has 1 aliphatic rings. The molecule has 3 rings (SSSR count). The summed E-state index contributed by atoms with van der Waals surface area (Å²) in [6, 6.07) is 2.15. The Hall–Kier alpha value is -1.82. The number of nitrogens with one attached hydrogen (secondary N) is 1. The van der Waals surface area contributed by atoms with E-state index in [1.54, 1.807) is 16.0 Å². The van der Waals surface area contributed by atoms with Crippen LogP contribution in [0.1, 0.15) is 16.0 Å². The maximum Gasteiger partial charge on any atom is 0.317 e. The van der Waals surface area contributed by atoms with E-state index >= 15 is 0 Å². The zero-order valence-electron chi connectivity index (χ0n) is 11.5. The Morgan fingerprint density at radius 2 is 2.45 bits per heavy atom. The van der Waals surface area contributed by atoms with E-state index in [0.717, 1.165) is 31.5 Å². The maximum atomic E-state index is 12.1. The largest absolute Gasteiger partial charge is 0.338 e. The van der Waals surface area contributed by atoms with Crippen LogP contribution in [-0.4, -0.2) is 33.8 Å². The van der Waals surface area contributed by atoms with Gasteiger partial charge in [-0.1, -0.05) is 0 Å². The van der Waals surface area contributed by atoms with E-state index in [-0.39, 0.29) is 6.03 Å². The number of hydrogen-bond donors (Lipinski definition) is 1. The van der Waals surface area contributed by atoms with Crippen LogP contribution in [-0.2, 0) is 26.4 Å². The van der Waals surface area contributed by atoms with Gasteiger partial charge in [-0.3, -0.25) is 4.68 Å². The average Bonchev–Trinajstić information content (AvgIpc) is 3.06. The molecule has 2 aromatic heterocycles. The molecule has 6 heteroatoms. The van der Waals surface area contributed by atoms with Gasteiger partial charge < -0.3 is 10.2 Å². The van der Waals surface area contributed by atoms with Gasteiger partial charge in [0.15, 0.2) is 0 Å². The van der Waals surface area contributed by atoms with Crippen LogP contribution in [0.15, 0.2) is 23.8 Å². The van der Waals surface area contributed by atoms with Crippen LogP contribution >= 0.6 is 11.3 Å². The molecule has 0 radical (unpaired) electrons. The Bertz CT molecular complexity index is 604. The summed E-state index contributed by atoms with van der Waals surface area (Å²) in [4.78, 5) is 15.4. The van der Waals surface area contributed by atoms with Crippen molar-refractivity contribution >= 4 is 17.4 Å². The molecule has 0 bridgehead atoms. The lowest BCUT2D eigenvalue weighted by atomic mass is 10.1. The van der Waals surface area contributed by atoms with Crippen molar-refractivity contribution in [1.29, 1.82) is 0 Å². The van der Waals surface area contributed by atoms with Gasteiger partial charge >= 0.3 is 6.03 Å². The minimum atomic E-state index is 0.0331. The van der Waals surface area contributed by atoms with Gasteiger partial charge in [0.2, 0.25) is 0 Å². The first-order valence-electron chi connectivity index (χ1n) is 6.78. The SMILES string of the molecule is Cn1cc(CCNC(=O)N2CCc3sccc3C2)cn1. The van der Waals surface area contributed by atoms with E-state index in [1.807, 2.05) is 24.3 Å². The minimum Gasteiger partial charge on any atom is -0.338 e. The van der Waals surface area contributed by atoms with Crippen LogP contribution in [0.25, 0.3) is 0 Å². The molecule has 106 valence electrons. The molecule has 0 unspecified atom stereocenters. The van der Waals surface area contributed by atoms with E-state index in [4.69, 9.17) is 0 Å². The Balaban J connectivity index is 1.48. The molecule has 0 aliphatic carbocycles. The number of carbonyl (C=O) groups excluding carboxylic acids is 1. The first-order chi connectivity index (χ1) is 9.72. The summed E-state index contributed by atoms with van der Waals surface area (Å²) in [7, 11) is 1.90. The second-order valence-corrected chi connectivity index (χ2v) is 6.05. The number of thiophene rings is 1. The van der Waals surface area contributed by atoms with E-state index < -0.39 is 0 Å². The molecule has 0 spiro atoms. The smallest absolute Gasteiger partial charge is 0.317 e. The Labute approximate surface area is 122 Å². The number of hydrogen-bond acceptors (Lipinski definition) is 3.